The number of hydrogen-bond donors (Lipinski definition) is 1. The summed E-state index contributed by atoms with van der Waals surface area (Å²) in [6.45, 7) is 11.4. The summed E-state index contributed by atoms with van der Waals surface area (Å²) in [6.07, 6.45) is 0. The molecule has 2 heterocycles. The maximum absolute atomic E-state index is 12.3. The molecule has 0 saturated carbocycles. The fourth-order valence-electron chi connectivity index (χ4n) is 5.26. The first-order chi connectivity index (χ1) is 19.9. The average molecular weight is 556 g/mol. The van der Waals surface area contributed by atoms with Crippen LogP contribution in [0, 0.1) is 6.92 Å². The van der Waals surface area contributed by atoms with Gasteiger partial charge in [-0.15, -0.1) is 0 Å². The SMILES string of the molecule is CCOC(=O)c1ccc(N2CCN(CCn3c(-c4ccc(C)cc4)nc4cc(C(=O)OCC)ccc43)CC2)c(N)c1. The normalized spacial score (nSPS) is 13.9. The molecule has 2 N–H and O–H groups in total. The van der Waals surface area contributed by atoms with Crippen molar-refractivity contribution in [2.75, 3.05) is 56.6 Å². The summed E-state index contributed by atoms with van der Waals surface area (Å²) < 4.78 is 12.5. The second-order valence-electron chi connectivity index (χ2n) is 10.2. The minimum atomic E-state index is -0.357. The highest BCUT2D eigenvalue weighted by Crippen LogP contribution is 2.28. The highest BCUT2D eigenvalue weighted by molar-refractivity contribution is 5.94. The van der Waals surface area contributed by atoms with Gasteiger partial charge in [0.25, 0.3) is 0 Å². The predicted molar refractivity (Wildman–Crippen MR) is 161 cm³/mol. The Hall–Kier alpha value is -4.37. The van der Waals surface area contributed by atoms with Crippen LogP contribution in [0.2, 0.25) is 0 Å². The molecule has 0 amide bonds. The zero-order valence-electron chi connectivity index (χ0n) is 23.9. The van der Waals surface area contributed by atoms with Crippen molar-refractivity contribution < 1.29 is 19.1 Å². The van der Waals surface area contributed by atoms with Crippen LogP contribution in [0.4, 0.5) is 11.4 Å². The summed E-state index contributed by atoms with van der Waals surface area (Å²) >= 11 is 0. The lowest BCUT2D eigenvalue weighted by atomic mass is 10.1. The summed E-state index contributed by atoms with van der Waals surface area (Å²) in [4.78, 5) is 34.1. The van der Waals surface area contributed by atoms with E-state index in [1.807, 2.05) is 24.3 Å². The highest BCUT2D eigenvalue weighted by atomic mass is 16.5. The quantitative estimate of drug-likeness (QED) is 0.233. The molecule has 214 valence electrons. The monoisotopic (exact) mass is 555 g/mol. The molecule has 1 saturated heterocycles. The van der Waals surface area contributed by atoms with E-state index in [0.29, 0.717) is 30.0 Å². The summed E-state index contributed by atoms with van der Waals surface area (Å²) in [6, 6.07) is 19.3. The number of ether oxygens (including phenoxy) is 2. The number of fused-ring (bicyclic) bond motifs is 1. The number of piperazine rings is 1. The zero-order valence-corrected chi connectivity index (χ0v) is 23.9. The molecule has 0 aliphatic carbocycles. The third-order valence-corrected chi connectivity index (χ3v) is 7.46. The Morgan fingerprint density at radius 3 is 2.10 bits per heavy atom. The van der Waals surface area contributed by atoms with E-state index in [0.717, 1.165) is 67.4 Å². The molecular weight excluding hydrogens is 518 g/mol. The van der Waals surface area contributed by atoms with Gasteiger partial charge in [-0.3, -0.25) is 4.90 Å². The second kappa shape index (κ2) is 12.4. The summed E-state index contributed by atoms with van der Waals surface area (Å²) in [5, 5.41) is 0. The number of esters is 2. The number of carbonyl (C=O) groups is 2. The number of anilines is 2. The predicted octanol–water partition coefficient (Wildman–Crippen LogP) is 4.77. The number of carbonyl (C=O) groups excluding carboxylic acids is 2. The fourth-order valence-corrected chi connectivity index (χ4v) is 5.26. The minimum absolute atomic E-state index is 0.332. The fraction of sp³-hybridized carbons (Fsp3) is 0.344. The van der Waals surface area contributed by atoms with Crippen molar-refractivity contribution in [1.29, 1.82) is 0 Å². The van der Waals surface area contributed by atoms with Crippen LogP contribution in [-0.2, 0) is 16.0 Å². The number of nitrogens with zero attached hydrogens (tertiary/aromatic N) is 4. The van der Waals surface area contributed by atoms with Gasteiger partial charge in [0.05, 0.1) is 46.7 Å². The Balaban J connectivity index is 1.30. The molecule has 0 atom stereocenters. The van der Waals surface area contributed by atoms with Gasteiger partial charge in [0.15, 0.2) is 0 Å². The summed E-state index contributed by atoms with van der Waals surface area (Å²) in [5.41, 5.74) is 12.8. The van der Waals surface area contributed by atoms with Gasteiger partial charge in [0.1, 0.15) is 5.82 Å². The van der Waals surface area contributed by atoms with Gasteiger partial charge in [0.2, 0.25) is 0 Å². The van der Waals surface area contributed by atoms with Crippen LogP contribution in [-0.4, -0.2) is 72.3 Å². The number of imidazole rings is 1. The van der Waals surface area contributed by atoms with Crippen LogP contribution >= 0.6 is 0 Å². The lowest BCUT2D eigenvalue weighted by Gasteiger charge is -2.36. The van der Waals surface area contributed by atoms with E-state index < -0.39 is 0 Å². The van der Waals surface area contributed by atoms with E-state index in [9.17, 15) is 9.59 Å². The van der Waals surface area contributed by atoms with Gasteiger partial charge in [-0.1, -0.05) is 29.8 Å². The van der Waals surface area contributed by atoms with Gasteiger partial charge in [-0.2, -0.15) is 0 Å². The third-order valence-electron chi connectivity index (χ3n) is 7.46. The molecular formula is C32H37N5O4. The Morgan fingerprint density at radius 1 is 0.829 bits per heavy atom. The highest BCUT2D eigenvalue weighted by Gasteiger charge is 2.21. The molecule has 0 spiro atoms. The molecule has 0 bridgehead atoms. The van der Waals surface area contributed by atoms with Gasteiger partial charge in [-0.05, 0) is 57.2 Å². The largest absolute Gasteiger partial charge is 0.462 e. The Morgan fingerprint density at radius 2 is 1.46 bits per heavy atom. The lowest BCUT2D eigenvalue weighted by molar-refractivity contribution is 0.0517. The van der Waals surface area contributed by atoms with Crippen LogP contribution in [0.25, 0.3) is 22.4 Å². The van der Waals surface area contributed by atoms with Gasteiger partial charge < -0.3 is 24.7 Å². The molecule has 1 aromatic heterocycles. The number of rotatable bonds is 9. The molecule has 5 rings (SSSR count). The van der Waals surface area contributed by atoms with Crippen LogP contribution in [0.3, 0.4) is 0 Å². The first kappa shape index (κ1) is 28.2. The van der Waals surface area contributed by atoms with Crippen molar-refractivity contribution in [2.45, 2.75) is 27.3 Å². The molecule has 1 aliphatic rings. The van der Waals surface area contributed by atoms with Gasteiger partial charge >= 0.3 is 11.9 Å². The number of aromatic nitrogens is 2. The van der Waals surface area contributed by atoms with Crippen molar-refractivity contribution in [3.8, 4) is 11.4 Å². The number of hydrogen-bond acceptors (Lipinski definition) is 8. The van der Waals surface area contributed by atoms with Crippen molar-refractivity contribution in [2.24, 2.45) is 0 Å². The average Bonchev–Trinajstić information content (AvgIpc) is 3.34. The van der Waals surface area contributed by atoms with Crippen LogP contribution in [0.1, 0.15) is 40.1 Å². The van der Waals surface area contributed by atoms with E-state index in [4.69, 9.17) is 20.2 Å². The standard InChI is InChI=1S/C32H37N5O4/c1-4-40-31(38)24-10-12-28(26(33)20-24)36-17-14-35(15-18-36)16-19-37-29-13-11-25(32(39)41-5-2)21-27(29)34-30(37)23-8-6-22(3)7-9-23/h6-13,20-21H,4-5,14-19,33H2,1-3H3. The molecule has 9 nitrogen and oxygen atoms in total. The van der Waals surface area contributed by atoms with Gasteiger partial charge in [0, 0.05) is 44.8 Å². The topological polar surface area (TPSA) is 103 Å². The van der Waals surface area contributed by atoms with Crippen LogP contribution < -0.4 is 10.6 Å². The first-order valence-corrected chi connectivity index (χ1v) is 14.2. The number of nitrogens with two attached hydrogens (primary N) is 1. The van der Waals surface area contributed by atoms with Crippen molar-refractivity contribution in [3.05, 3.63) is 77.4 Å². The first-order valence-electron chi connectivity index (χ1n) is 14.2. The second-order valence-corrected chi connectivity index (χ2v) is 10.2. The number of aryl methyl sites for hydroxylation is 1. The van der Waals surface area contributed by atoms with Gasteiger partial charge in [-0.25, -0.2) is 14.6 Å². The van der Waals surface area contributed by atoms with Crippen molar-refractivity contribution >= 4 is 34.3 Å². The van der Waals surface area contributed by atoms with Crippen LogP contribution in [0.5, 0.6) is 0 Å². The smallest absolute Gasteiger partial charge is 0.338 e. The van der Waals surface area contributed by atoms with Crippen molar-refractivity contribution in [3.63, 3.8) is 0 Å². The Bertz CT molecular complexity index is 1540. The lowest BCUT2D eigenvalue weighted by Crippen LogP contribution is -2.47. The zero-order chi connectivity index (χ0) is 28.9. The number of benzene rings is 3. The van der Waals surface area contributed by atoms with E-state index in [2.05, 4.69) is 45.6 Å². The molecule has 41 heavy (non-hydrogen) atoms. The molecule has 4 aromatic rings. The maximum atomic E-state index is 12.3. The summed E-state index contributed by atoms with van der Waals surface area (Å²) in [5.74, 6) is 0.189. The number of nitrogen functional groups attached to an aromatic ring is 1. The molecule has 3 aromatic carbocycles. The molecule has 9 heteroatoms. The minimum Gasteiger partial charge on any atom is -0.462 e. The Kier molecular flexibility index (Phi) is 8.54. The van der Waals surface area contributed by atoms with E-state index in [1.165, 1.54) is 5.56 Å². The van der Waals surface area contributed by atoms with Crippen molar-refractivity contribution in [1.82, 2.24) is 14.5 Å². The molecule has 0 unspecified atom stereocenters. The Labute approximate surface area is 240 Å². The molecule has 0 radical (unpaired) electrons. The van der Waals surface area contributed by atoms with E-state index in [-0.39, 0.29) is 11.9 Å². The maximum Gasteiger partial charge on any atom is 0.338 e. The van der Waals surface area contributed by atoms with E-state index >= 15 is 0 Å². The molecule has 1 aliphatic heterocycles. The van der Waals surface area contributed by atoms with Crippen LogP contribution in [0.15, 0.2) is 60.7 Å². The summed E-state index contributed by atoms with van der Waals surface area (Å²) in [7, 11) is 0. The molecule has 1 fully saturated rings. The third kappa shape index (κ3) is 6.20. The van der Waals surface area contributed by atoms with E-state index in [1.54, 1.807) is 26.0 Å².